The lowest BCUT2D eigenvalue weighted by molar-refractivity contribution is -0.248. The summed E-state index contributed by atoms with van der Waals surface area (Å²) >= 11 is 3.91. The lowest BCUT2D eigenvalue weighted by Crippen LogP contribution is -2.68. The van der Waals surface area contributed by atoms with Crippen LogP contribution in [0.2, 0.25) is 0 Å². The molecule has 4 heteroatoms. The van der Waals surface area contributed by atoms with E-state index < -0.39 is 11.4 Å². The Kier molecular flexibility index (Phi) is 5.80. The van der Waals surface area contributed by atoms with Crippen LogP contribution in [0.3, 0.4) is 0 Å². The first-order valence-electron chi connectivity index (χ1n) is 14.2. The summed E-state index contributed by atoms with van der Waals surface area (Å²) in [5.41, 5.74) is 0.0845. The molecule has 0 amide bonds. The average Bonchev–Trinajstić information content (AvgIpc) is 3.14. The van der Waals surface area contributed by atoms with E-state index in [0.717, 1.165) is 32.1 Å². The number of halogens is 1. The van der Waals surface area contributed by atoms with Gasteiger partial charge in [-0.15, -0.1) is 0 Å². The van der Waals surface area contributed by atoms with E-state index in [1.165, 1.54) is 25.7 Å². The molecule has 0 bridgehead atoms. The second-order valence-electron chi connectivity index (χ2n) is 15.1. The lowest BCUT2D eigenvalue weighted by Gasteiger charge is -2.73. The van der Waals surface area contributed by atoms with Crippen molar-refractivity contribution in [2.24, 2.45) is 62.6 Å². The van der Waals surface area contributed by atoms with Gasteiger partial charge in [0.25, 0.3) is 0 Å². The van der Waals surface area contributed by atoms with Gasteiger partial charge in [0.05, 0.1) is 11.5 Å². The van der Waals surface area contributed by atoms with Crippen LogP contribution >= 0.6 is 15.9 Å². The van der Waals surface area contributed by atoms with Gasteiger partial charge >= 0.3 is 5.97 Å². The number of carboxylic acids is 1. The SMILES string of the molecule is CC(C)[C@@H]1CCC2(C(=O)O)CC[C@]3(C)[C@H](CCC4[C@@]5(C)CC(Br)[C@H](O)C(C)(C)[C@@H]5CC[C@]43C)C12. The number of aliphatic hydroxyl groups is 1. The maximum Gasteiger partial charge on any atom is 0.309 e. The summed E-state index contributed by atoms with van der Waals surface area (Å²) in [5, 5.41) is 21.7. The van der Waals surface area contributed by atoms with Crippen LogP contribution in [-0.4, -0.2) is 27.1 Å². The summed E-state index contributed by atoms with van der Waals surface area (Å²) in [7, 11) is 0. The summed E-state index contributed by atoms with van der Waals surface area (Å²) in [5.74, 6) is 2.64. The largest absolute Gasteiger partial charge is 0.481 e. The number of fused-ring (bicyclic) bond motifs is 7. The predicted molar refractivity (Wildman–Crippen MR) is 141 cm³/mol. The van der Waals surface area contributed by atoms with Crippen LogP contribution in [0.1, 0.15) is 106 Å². The Balaban J connectivity index is 1.57. The van der Waals surface area contributed by atoms with Crippen LogP contribution in [0.5, 0.6) is 0 Å². The summed E-state index contributed by atoms with van der Waals surface area (Å²) in [6, 6.07) is 0. The predicted octanol–water partition coefficient (Wildman–Crippen LogP) is 7.54. The van der Waals surface area contributed by atoms with Gasteiger partial charge < -0.3 is 10.2 Å². The fourth-order valence-electron chi connectivity index (χ4n) is 11.8. The third-order valence-corrected chi connectivity index (χ3v) is 14.5. The summed E-state index contributed by atoms with van der Waals surface area (Å²) in [4.78, 5) is 13.0. The average molecular weight is 538 g/mol. The molecule has 11 atom stereocenters. The maximum atomic E-state index is 12.8. The molecule has 194 valence electrons. The molecule has 5 rings (SSSR count). The van der Waals surface area contributed by atoms with Gasteiger partial charge in [-0.1, -0.05) is 64.4 Å². The van der Waals surface area contributed by atoms with E-state index in [-0.39, 0.29) is 32.6 Å². The number of aliphatic hydroxyl groups excluding tert-OH is 1. The van der Waals surface area contributed by atoms with Crippen LogP contribution in [0.4, 0.5) is 0 Å². The van der Waals surface area contributed by atoms with E-state index in [1.54, 1.807) is 0 Å². The zero-order valence-corrected chi connectivity index (χ0v) is 24.2. The Morgan fingerprint density at radius 2 is 1.56 bits per heavy atom. The molecule has 5 aliphatic carbocycles. The molecule has 0 aliphatic heterocycles. The van der Waals surface area contributed by atoms with Crippen molar-refractivity contribution in [3.63, 3.8) is 0 Å². The zero-order valence-electron chi connectivity index (χ0n) is 22.7. The van der Waals surface area contributed by atoms with Gasteiger partial charge in [-0.3, -0.25) is 4.79 Å². The Bertz CT molecular complexity index is 854. The molecular weight excluding hydrogens is 488 g/mol. The van der Waals surface area contributed by atoms with Gasteiger partial charge in [0.1, 0.15) is 0 Å². The highest BCUT2D eigenvalue weighted by atomic mass is 79.9. The quantitative estimate of drug-likeness (QED) is 0.358. The standard InChI is InChI=1S/C30H49BrO3/c1-17(2)18-10-13-30(25(33)34)15-14-28(6)19(23(18)30)8-9-22-27(5)16-20(31)24(32)26(3,4)21(27)11-12-29(22,28)7/h17-24,32H,8-16H2,1-7H3,(H,33,34)/t18-,19+,20?,21-,22?,23?,24-,27-,28+,29+,30?/m0/s1. The molecule has 5 aliphatic rings. The van der Waals surface area contributed by atoms with Gasteiger partial charge in [0.2, 0.25) is 0 Å². The normalized spacial score (nSPS) is 56.2. The molecule has 3 nitrogen and oxygen atoms in total. The summed E-state index contributed by atoms with van der Waals surface area (Å²) < 4.78 is 0. The number of carbonyl (C=O) groups is 1. The molecule has 34 heavy (non-hydrogen) atoms. The zero-order chi connectivity index (χ0) is 25.1. The van der Waals surface area contributed by atoms with E-state index in [1.807, 2.05) is 0 Å². The van der Waals surface area contributed by atoms with Crippen molar-refractivity contribution >= 4 is 21.9 Å². The Hall–Kier alpha value is -0.0900. The molecule has 5 saturated carbocycles. The van der Waals surface area contributed by atoms with Crippen molar-refractivity contribution in [3.8, 4) is 0 Å². The van der Waals surface area contributed by atoms with Crippen LogP contribution in [0, 0.1) is 62.6 Å². The van der Waals surface area contributed by atoms with Gasteiger partial charge in [-0.2, -0.15) is 0 Å². The lowest BCUT2D eigenvalue weighted by atomic mass is 9.32. The molecule has 2 N–H and O–H groups in total. The van der Waals surface area contributed by atoms with Crippen molar-refractivity contribution in [2.45, 2.75) is 117 Å². The first kappa shape index (κ1) is 25.6. The first-order valence-corrected chi connectivity index (χ1v) is 15.1. The summed E-state index contributed by atoms with van der Waals surface area (Å²) in [6.45, 7) is 17.0. The van der Waals surface area contributed by atoms with Crippen LogP contribution in [-0.2, 0) is 4.79 Å². The number of hydrogen-bond acceptors (Lipinski definition) is 2. The minimum atomic E-state index is -0.504. The third-order valence-electron chi connectivity index (χ3n) is 13.7. The van der Waals surface area contributed by atoms with Gasteiger partial charge in [0.15, 0.2) is 0 Å². The van der Waals surface area contributed by atoms with Gasteiger partial charge in [-0.05, 0) is 115 Å². The highest BCUT2D eigenvalue weighted by Gasteiger charge is 2.72. The molecule has 0 heterocycles. The molecule has 5 fully saturated rings. The van der Waals surface area contributed by atoms with E-state index in [9.17, 15) is 15.0 Å². The summed E-state index contributed by atoms with van der Waals surface area (Å²) in [6.07, 6.45) is 9.53. The topological polar surface area (TPSA) is 57.5 Å². The smallest absolute Gasteiger partial charge is 0.309 e. The second kappa shape index (κ2) is 7.71. The Labute approximate surface area is 216 Å². The highest BCUT2D eigenvalue weighted by molar-refractivity contribution is 9.09. The van der Waals surface area contributed by atoms with E-state index in [4.69, 9.17) is 0 Å². The van der Waals surface area contributed by atoms with Gasteiger partial charge in [0, 0.05) is 4.83 Å². The fraction of sp³-hybridized carbons (Fsp3) is 0.967. The molecule has 0 aromatic heterocycles. The monoisotopic (exact) mass is 536 g/mol. The van der Waals surface area contributed by atoms with Crippen molar-refractivity contribution in [1.82, 2.24) is 0 Å². The molecule has 0 aromatic rings. The number of carboxylic acid groups (broad SMARTS) is 1. The third kappa shape index (κ3) is 2.94. The van der Waals surface area contributed by atoms with Crippen LogP contribution in [0.25, 0.3) is 0 Å². The molecule has 0 aromatic carbocycles. The number of aliphatic carboxylic acids is 1. The van der Waals surface area contributed by atoms with E-state index in [2.05, 4.69) is 64.4 Å². The molecular formula is C30H49BrO3. The molecule has 0 spiro atoms. The van der Waals surface area contributed by atoms with Crippen LogP contribution in [0.15, 0.2) is 0 Å². The van der Waals surface area contributed by atoms with E-state index in [0.29, 0.717) is 35.5 Å². The molecule has 0 saturated heterocycles. The fourth-order valence-corrected chi connectivity index (χ4v) is 13.2. The minimum absolute atomic E-state index is 0.0839. The van der Waals surface area contributed by atoms with Gasteiger partial charge in [-0.25, -0.2) is 0 Å². The second-order valence-corrected chi connectivity index (χ2v) is 16.3. The number of rotatable bonds is 2. The first-order chi connectivity index (χ1) is 15.7. The Morgan fingerprint density at radius 1 is 0.882 bits per heavy atom. The number of alkyl halides is 1. The van der Waals surface area contributed by atoms with Crippen molar-refractivity contribution < 1.29 is 15.0 Å². The Morgan fingerprint density at radius 3 is 2.18 bits per heavy atom. The minimum Gasteiger partial charge on any atom is -0.481 e. The molecule has 4 unspecified atom stereocenters. The number of hydrogen-bond donors (Lipinski definition) is 2. The van der Waals surface area contributed by atoms with Crippen molar-refractivity contribution in [1.29, 1.82) is 0 Å². The van der Waals surface area contributed by atoms with Crippen LogP contribution < -0.4 is 0 Å². The maximum absolute atomic E-state index is 12.8. The van der Waals surface area contributed by atoms with Crippen molar-refractivity contribution in [2.75, 3.05) is 0 Å². The molecule has 0 radical (unpaired) electrons. The van der Waals surface area contributed by atoms with Crippen molar-refractivity contribution in [3.05, 3.63) is 0 Å². The van der Waals surface area contributed by atoms with E-state index >= 15 is 0 Å². The highest BCUT2D eigenvalue weighted by Crippen LogP contribution is 2.77.